The Balaban J connectivity index is 1.79. The molecular formula is C8H10ClNOS. The highest BCUT2D eigenvalue weighted by Gasteiger charge is 2.16. The minimum atomic E-state index is 0.408. The lowest BCUT2D eigenvalue weighted by atomic mass is 10.2. The van der Waals surface area contributed by atoms with E-state index in [0.717, 1.165) is 17.4 Å². The lowest BCUT2D eigenvalue weighted by Gasteiger charge is -2.26. The minimum absolute atomic E-state index is 0.408. The summed E-state index contributed by atoms with van der Waals surface area (Å²) in [7, 11) is 0. The molecule has 0 unspecified atom stereocenters. The average molecular weight is 204 g/mol. The summed E-state index contributed by atoms with van der Waals surface area (Å²) < 4.78 is 6.40. The van der Waals surface area contributed by atoms with Gasteiger partial charge in [0.2, 0.25) is 0 Å². The van der Waals surface area contributed by atoms with Crippen molar-refractivity contribution in [3.05, 3.63) is 21.3 Å². The van der Waals surface area contributed by atoms with E-state index in [-0.39, 0.29) is 0 Å². The normalized spacial score (nSPS) is 17.8. The van der Waals surface area contributed by atoms with Gasteiger partial charge in [-0.3, -0.25) is 0 Å². The molecule has 0 aromatic carbocycles. The van der Waals surface area contributed by atoms with Crippen molar-refractivity contribution in [1.29, 1.82) is 0 Å². The molecule has 1 N–H and O–H groups in total. The topological polar surface area (TPSA) is 21.3 Å². The summed E-state index contributed by atoms with van der Waals surface area (Å²) >= 11 is 7.36. The highest BCUT2D eigenvalue weighted by atomic mass is 35.5. The lowest BCUT2D eigenvalue weighted by Crippen LogP contribution is -2.48. The first-order valence-corrected chi connectivity index (χ1v) is 5.10. The van der Waals surface area contributed by atoms with Crippen molar-refractivity contribution in [3.63, 3.8) is 0 Å². The number of ether oxygens (including phenoxy) is 1. The summed E-state index contributed by atoms with van der Waals surface area (Å²) in [6.07, 6.45) is 0.408. The van der Waals surface area contributed by atoms with Gasteiger partial charge in [-0.25, -0.2) is 0 Å². The largest absolute Gasteiger partial charge is 0.370 e. The van der Waals surface area contributed by atoms with Crippen LogP contribution in [0, 0.1) is 0 Å². The minimum Gasteiger partial charge on any atom is -0.370 e. The average Bonchev–Trinajstić information content (AvgIpc) is 2.32. The van der Waals surface area contributed by atoms with E-state index in [2.05, 4.69) is 5.32 Å². The Bertz CT molecular complexity index is 259. The third-order valence-electron chi connectivity index (χ3n) is 1.83. The fourth-order valence-corrected chi connectivity index (χ4v) is 2.02. The first-order chi connectivity index (χ1) is 5.84. The van der Waals surface area contributed by atoms with Crippen molar-refractivity contribution in [2.45, 2.75) is 12.7 Å². The molecule has 0 saturated carbocycles. The second-order valence-electron chi connectivity index (χ2n) is 2.80. The number of thiophene rings is 1. The predicted molar refractivity (Wildman–Crippen MR) is 50.8 cm³/mol. The first-order valence-electron chi connectivity index (χ1n) is 3.91. The summed E-state index contributed by atoms with van der Waals surface area (Å²) in [5.74, 6) is 0. The lowest BCUT2D eigenvalue weighted by molar-refractivity contribution is 0.00888. The standard InChI is InChI=1S/C8H10ClNOS/c9-8-2-1-7(12-8)5-11-6-3-10-4-6/h1-2,6,10H,3-5H2. The van der Waals surface area contributed by atoms with Crippen LogP contribution in [0.2, 0.25) is 4.34 Å². The molecule has 1 aliphatic rings. The molecule has 2 nitrogen and oxygen atoms in total. The maximum Gasteiger partial charge on any atom is 0.0932 e. The Morgan fingerprint density at radius 2 is 2.42 bits per heavy atom. The van der Waals surface area contributed by atoms with Crippen LogP contribution in [0.25, 0.3) is 0 Å². The molecule has 12 heavy (non-hydrogen) atoms. The number of hydrogen-bond donors (Lipinski definition) is 1. The molecule has 1 aromatic rings. The molecule has 0 radical (unpaired) electrons. The maximum absolute atomic E-state index is 5.77. The first kappa shape index (κ1) is 8.51. The van der Waals surface area contributed by atoms with E-state index >= 15 is 0 Å². The molecule has 0 amide bonds. The van der Waals surface area contributed by atoms with Crippen LogP contribution >= 0.6 is 22.9 Å². The van der Waals surface area contributed by atoms with Crippen LogP contribution in [0.15, 0.2) is 12.1 Å². The monoisotopic (exact) mass is 203 g/mol. The van der Waals surface area contributed by atoms with E-state index in [9.17, 15) is 0 Å². The van der Waals surface area contributed by atoms with Crippen molar-refractivity contribution in [3.8, 4) is 0 Å². The Morgan fingerprint density at radius 1 is 1.58 bits per heavy atom. The third kappa shape index (κ3) is 1.98. The molecule has 66 valence electrons. The predicted octanol–water partition coefficient (Wildman–Crippen LogP) is 1.89. The molecule has 2 heterocycles. The van der Waals surface area contributed by atoms with Gasteiger partial charge < -0.3 is 10.1 Å². The third-order valence-corrected chi connectivity index (χ3v) is 3.04. The van der Waals surface area contributed by atoms with Crippen LogP contribution in [-0.2, 0) is 11.3 Å². The van der Waals surface area contributed by atoms with Gasteiger partial charge in [-0.05, 0) is 12.1 Å². The van der Waals surface area contributed by atoms with Gasteiger partial charge in [0.1, 0.15) is 0 Å². The SMILES string of the molecule is Clc1ccc(COC2CNC2)s1. The van der Waals surface area contributed by atoms with Crippen LogP contribution in [-0.4, -0.2) is 19.2 Å². The van der Waals surface area contributed by atoms with Crippen LogP contribution in [0.4, 0.5) is 0 Å². The zero-order valence-corrected chi connectivity index (χ0v) is 8.12. The summed E-state index contributed by atoms with van der Waals surface area (Å²) in [4.78, 5) is 1.20. The van der Waals surface area contributed by atoms with E-state index in [1.807, 2.05) is 12.1 Å². The number of nitrogens with one attached hydrogen (secondary N) is 1. The summed E-state index contributed by atoms with van der Waals surface area (Å²) in [6, 6.07) is 3.92. The maximum atomic E-state index is 5.77. The fraction of sp³-hybridized carbons (Fsp3) is 0.500. The summed E-state index contributed by atoms with van der Waals surface area (Å²) in [5.41, 5.74) is 0. The highest BCUT2D eigenvalue weighted by molar-refractivity contribution is 7.16. The highest BCUT2D eigenvalue weighted by Crippen LogP contribution is 2.22. The molecule has 0 atom stereocenters. The summed E-state index contributed by atoms with van der Waals surface area (Å²) in [6.45, 7) is 2.67. The molecule has 0 spiro atoms. The van der Waals surface area contributed by atoms with Crippen LogP contribution in [0.5, 0.6) is 0 Å². The molecule has 4 heteroatoms. The van der Waals surface area contributed by atoms with Gasteiger partial charge in [0, 0.05) is 18.0 Å². The Labute approximate surface area is 80.5 Å². The van der Waals surface area contributed by atoms with Crippen LogP contribution < -0.4 is 5.32 Å². The smallest absolute Gasteiger partial charge is 0.0932 e. The number of rotatable bonds is 3. The van der Waals surface area contributed by atoms with Gasteiger partial charge in [-0.1, -0.05) is 11.6 Å². The van der Waals surface area contributed by atoms with Crippen molar-refractivity contribution in [2.24, 2.45) is 0 Å². The van der Waals surface area contributed by atoms with E-state index in [1.165, 1.54) is 4.88 Å². The molecule has 1 aromatic heterocycles. The van der Waals surface area contributed by atoms with Crippen LogP contribution in [0.1, 0.15) is 4.88 Å². The molecule has 1 saturated heterocycles. The van der Waals surface area contributed by atoms with Gasteiger partial charge >= 0.3 is 0 Å². The van der Waals surface area contributed by atoms with Crippen LogP contribution in [0.3, 0.4) is 0 Å². The van der Waals surface area contributed by atoms with Crippen molar-refractivity contribution in [1.82, 2.24) is 5.32 Å². The second kappa shape index (κ2) is 3.75. The van der Waals surface area contributed by atoms with Gasteiger partial charge in [0.05, 0.1) is 17.0 Å². The summed E-state index contributed by atoms with van der Waals surface area (Å²) in [5, 5.41) is 3.16. The molecule has 2 rings (SSSR count). The Kier molecular flexibility index (Phi) is 2.66. The molecular weight excluding hydrogens is 194 g/mol. The van der Waals surface area contributed by atoms with Gasteiger partial charge in [0.25, 0.3) is 0 Å². The van der Waals surface area contributed by atoms with E-state index in [4.69, 9.17) is 16.3 Å². The van der Waals surface area contributed by atoms with Gasteiger partial charge in [-0.2, -0.15) is 0 Å². The van der Waals surface area contributed by atoms with Gasteiger partial charge in [0.15, 0.2) is 0 Å². The Morgan fingerprint density at radius 3 is 2.92 bits per heavy atom. The number of hydrogen-bond acceptors (Lipinski definition) is 3. The Hall–Kier alpha value is -0.0900. The fourth-order valence-electron chi connectivity index (χ4n) is 1.01. The van der Waals surface area contributed by atoms with Gasteiger partial charge in [-0.15, -0.1) is 11.3 Å². The molecule has 0 bridgehead atoms. The molecule has 0 aliphatic carbocycles. The van der Waals surface area contributed by atoms with E-state index in [0.29, 0.717) is 12.7 Å². The van der Waals surface area contributed by atoms with E-state index < -0.39 is 0 Å². The zero-order valence-electron chi connectivity index (χ0n) is 6.55. The van der Waals surface area contributed by atoms with Crippen molar-refractivity contribution < 1.29 is 4.74 Å². The second-order valence-corrected chi connectivity index (χ2v) is 4.60. The quantitative estimate of drug-likeness (QED) is 0.810. The zero-order chi connectivity index (χ0) is 8.39. The van der Waals surface area contributed by atoms with E-state index in [1.54, 1.807) is 11.3 Å². The molecule has 1 fully saturated rings. The van der Waals surface area contributed by atoms with Crippen molar-refractivity contribution in [2.75, 3.05) is 13.1 Å². The van der Waals surface area contributed by atoms with Crippen molar-refractivity contribution >= 4 is 22.9 Å². The molecule has 1 aliphatic heterocycles. The number of halogens is 1.